The molecule has 1 fully saturated rings. The Morgan fingerprint density at radius 2 is 1.97 bits per heavy atom. The summed E-state index contributed by atoms with van der Waals surface area (Å²) in [4.78, 5) is 25.0. The van der Waals surface area contributed by atoms with Crippen LogP contribution in [0.4, 0.5) is 5.69 Å². The van der Waals surface area contributed by atoms with Gasteiger partial charge in [-0.05, 0) is 51.0 Å². The molecule has 3 aromatic rings. The summed E-state index contributed by atoms with van der Waals surface area (Å²) < 4.78 is 11.3. The third kappa shape index (κ3) is 4.03. The molecule has 4 rings (SSSR count). The number of furan rings is 1. The second kappa shape index (κ2) is 8.09. The first-order chi connectivity index (χ1) is 14.0. The predicted molar refractivity (Wildman–Crippen MR) is 111 cm³/mol. The molecule has 6 heteroatoms. The predicted octanol–water partition coefficient (Wildman–Crippen LogP) is 4.35. The summed E-state index contributed by atoms with van der Waals surface area (Å²) in [5.41, 5.74) is 2.87. The number of hydrogen-bond acceptors (Lipinski definition) is 4. The molecule has 1 aromatic heterocycles. The van der Waals surface area contributed by atoms with Crippen molar-refractivity contribution in [2.45, 2.75) is 38.8 Å². The normalized spacial score (nSPS) is 17.2. The van der Waals surface area contributed by atoms with Gasteiger partial charge in [-0.25, -0.2) is 0 Å². The zero-order chi connectivity index (χ0) is 20.4. The van der Waals surface area contributed by atoms with Crippen molar-refractivity contribution in [1.82, 2.24) is 5.32 Å². The van der Waals surface area contributed by atoms with Crippen molar-refractivity contribution in [1.29, 1.82) is 0 Å². The highest BCUT2D eigenvalue weighted by Gasteiger charge is 2.24. The largest absolute Gasteiger partial charge is 0.459 e. The average molecular weight is 392 g/mol. The van der Waals surface area contributed by atoms with Gasteiger partial charge in [0, 0.05) is 28.8 Å². The van der Waals surface area contributed by atoms with Crippen molar-refractivity contribution in [3.63, 3.8) is 0 Å². The minimum atomic E-state index is -0.413. The van der Waals surface area contributed by atoms with E-state index >= 15 is 0 Å². The molecule has 150 valence electrons. The standard InChI is InChI=1S/C23H24N2O4/c1-14-18-9-3-4-10-19(18)29-21(14)15(2)24-22(26)16-7-5-8-17(13-16)25-23(27)20-11-6-12-28-20/h3-5,7-10,13,15,20H,6,11-12H2,1-2H3,(H,24,26)(H,25,27). The van der Waals surface area contributed by atoms with Crippen molar-refractivity contribution in [3.8, 4) is 0 Å². The van der Waals surface area contributed by atoms with E-state index in [9.17, 15) is 9.59 Å². The lowest BCUT2D eigenvalue weighted by Crippen LogP contribution is -2.28. The van der Waals surface area contributed by atoms with Crippen LogP contribution in [0.25, 0.3) is 11.0 Å². The van der Waals surface area contributed by atoms with Crippen LogP contribution in [-0.4, -0.2) is 24.5 Å². The van der Waals surface area contributed by atoms with Crippen molar-refractivity contribution >= 4 is 28.5 Å². The van der Waals surface area contributed by atoms with Gasteiger partial charge in [-0.1, -0.05) is 24.3 Å². The number of para-hydroxylation sites is 1. The molecule has 0 saturated carbocycles. The molecule has 29 heavy (non-hydrogen) atoms. The molecule has 1 saturated heterocycles. The molecule has 0 bridgehead atoms. The number of ether oxygens (including phenoxy) is 1. The Morgan fingerprint density at radius 3 is 2.72 bits per heavy atom. The van der Waals surface area contributed by atoms with Crippen LogP contribution in [0.3, 0.4) is 0 Å². The first-order valence-electron chi connectivity index (χ1n) is 9.84. The third-order valence-corrected chi connectivity index (χ3v) is 5.24. The van der Waals surface area contributed by atoms with Gasteiger partial charge in [0.1, 0.15) is 17.4 Å². The molecule has 0 spiro atoms. The molecule has 1 aliphatic heterocycles. The van der Waals surface area contributed by atoms with Crippen LogP contribution in [0.15, 0.2) is 52.9 Å². The lowest BCUT2D eigenvalue weighted by atomic mass is 10.1. The summed E-state index contributed by atoms with van der Waals surface area (Å²) in [5, 5.41) is 6.85. The number of hydrogen-bond donors (Lipinski definition) is 2. The first kappa shape index (κ1) is 19.2. The highest BCUT2D eigenvalue weighted by Crippen LogP contribution is 2.29. The molecule has 0 aliphatic carbocycles. The molecular weight excluding hydrogens is 368 g/mol. The number of amides is 2. The molecule has 2 heterocycles. The van der Waals surface area contributed by atoms with Crippen molar-refractivity contribution < 1.29 is 18.7 Å². The molecule has 0 radical (unpaired) electrons. The van der Waals surface area contributed by atoms with Crippen LogP contribution in [0.1, 0.15) is 47.5 Å². The Morgan fingerprint density at radius 1 is 1.14 bits per heavy atom. The van der Waals surface area contributed by atoms with Crippen LogP contribution >= 0.6 is 0 Å². The van der Waals surface area contributed by atoms with E-state index in [-0.39, 0.29) is 17.9 Å². The number of nitrogens with one attached hydrogen (secondary N) is 2. The summed E-state index contributed by atoms with van der Waals surface area (Å²) in [7, 11) is 0. The number of benzene rings is 2. The second-order valence-corrected chi connectivity index (χ2v) is 7.35. The van der Waals surface area contributed by atoms with Gasteiger partial charge in [0.2, 0.25) is 0 Å². The van der Waals surface area contributed by atoms with Gasteiger partial charge in [0.25, 0.3) is 11.8 Å². The monoisotopic (exact) mass is 392 g/mol. The van der Waals surface area contributed by atoms with Crippen molar-refractivity contribution in [3.05, 3.63) is 65.4 Å². The quantitative estimate of drug-likeness (QED) is 0.676. The Bertz CT molecular complexity index is 1050. The van der Waals surface area contributed by atoms with E-state index in [1.807, 2.05) is 38.1 Å². The zero-order valence-electron chi connectivity index (χ0n) is 16.5. The van der Waals surface area contributed by atoms with Gasteiger partial charge >= 0.3 is 0 Å². The van der Waals surface area contributed by atoms with Gasteiger partial charge in [-0.15, -0.1) is 0 Å². The minimum Gasteiger partial charge on any atom is -0.459 e. The fraction of sp³-hybridized carbons (Fsp3) is 0.304. The summed E-state index contributed by atoms with van der Waals surface area (Å²) in [5.74, 6) is 0.333. The van der Waals surface area contributed by atoms with E-state index in [0.717, 1.165) is 35.1 Å². The zero-order valence-corrected chi connectivity index (χ0v) is 16.5. The van der Waals surface area contributed by atoms with E-state index in [2.05, 4.69) is 10.6 Å². The Kier molecular flexibility index (Phi) is 5.36. The van der Waals surface area contributed by atoms with Crippen LogP contribution in [-0.2, 0) is 9.53 Å². The van der Waals surface area contributed by atoms with Gasteiger partial charge in [0.05, 0.1) is 6.04 Å². The lowest BCUT2D eigenvalue weighted by Gasteiger charge is -2.14. The maximum atomic E-state index is 12.8. The Hall–Kier alpha value is -3.12. The second-order valence-electron chi connectivity index (χ2n) is 7.35. The molecule has 6 nitrogen and oxygen atoms in total. The van der Waals surface area contributed by atoms with E-state index in [1.165, 1.54) is 0 Å². The molecule has 2 atom stereocenters. The first-order valence-corrected chi connectivity index (χ1v) is 9.84. The number of rotatable bonds is 5. The fourth-order valence-electron chi connectivity index (χ4n) is 3.70. The number of fused-ring (bicyclic) bond motifs is 1. The van der Waals surface area contributed by atoms with E-state index in [4.69, 9.17) is 9.15 Å². The van der Waals surface area contributed by atoms with E-state index in [1.54, 1.807) is 24.3 Å². The van der Waals surface area contributed by atoms with Crippen molar-refractivity contribution in [2.75, 3.05) is 11.9 Å². The highest BCUT2D eigenvalue weighted by atomic mass is 16.5. The molecular formula is C23H24N2O4. The van der Waals surface area contributed by atoms with E-state index in [0.29, 0.717) is 17.9 Å². The van der Waals surface area contributed by atoms with Gasteiger partial charge in [0.15, 0.2) is 0 Å². The number of aryl methyl sites for hydroxylation is 1. The molecule has 2 aromatic carbocycles. The summed E-state index contributed by atoms with van der Waals surface area (Å²) >= 11 is 0. The lowest BCUT2D eigenvalue weighted by molar-refractivity contribution is -0.124. The van der Waals surface area contributed by atoms with Crippen LogP contribution in [0.2, 0.25) is 0 Å². The third-order valence-electron chi connectivity index (χ3n) is 5.24. The molecule has 1 aliphatic rings. The smallest absolute Gasteiger partial charge is 0.253 e. The average Bonchev–Trinajstić information content (AvgIpc) is 3.37. The van der Waals surface area contributed by atoms with Gasteiger partial charge in [-0.3, -0.25) is 9.59 Å². The Balaban J connectivity index is 1.46. The summed E-state index contributed by atoms with van der Waals surface area (Å²) in [6.45, 7) is 4.50. The summed E-state index contributed by atoms with van der Waals surface area (Å²) in [6.07, 6.45) is 1.20. The number of carbonyl (C=O) groups is 2. The SMILES string of the molecule is Cc1c(C(C)NC(=O)c2cccc(NC(=O)C3CCCO3)c2)oc2ccccc12. The van der Waals surface area contributed by atoms with Crippen LogP contribution in [0, 0.1) is 6.92 Å². The maximum absolute atomic E-state index is 12.8. The Labute approximate surface area is 169 Å². The number of anilines is 1. The maximum Gasteiger partial charge on any atom is 0.253 e. The van der Waals surface area contributed by atoms with Gasteiger partial charge < -0.3 is 19.8 Å². The summed E-state index contributed by atoms with van der Waals surface area (Å²) in [6, 6.07) is 14.4. The minimum absolute atomic E-state index is 0.175. The highest BCUT2D eigenvalue weighted by molar-refractivity contribution is 5.98. The topological polar surface area (TPSA) is 80.6 Å². The van der Waals surface area contributed by atoms with Gasteiger partial charge in [-0.2, -0.15) is 0 Å². The molecule has 2 unspecified atom stereocenters. The molecule has 2 amide bonds. The van der Waals surface area contributed by atoms with Crippen LogP contribution < -0.4 is 10.6 Å². The number of carbonyl (C=O) groups excluding carboxylic acids is 2. The van der Waals surface area contributed by atoms with Crippen LogP contribution in [0.5, 0.6) is 0 Å². The fourth-order valence-corrected chi connectivity index (χ4v) is 3.70. The van der Waals surface area contributed by atoms with E-state index < -0.39 is 6.10 Å². The van der Waals surface area contributed by atoms with Crippen molar-refractivity contribution in [2.24, 2.45) is 0 Å². The molecule has 2 N–H and O–H groups in total.